The Hall–Kier alpha value is -4.28. The van der Waals surface area contributed by atoms with E-state index in [9.17, 15) is 9.18 Å². The zero-order valence-electron chi connectivity index (χ0n) is 29.8. The van der Waals surface area contributed by atoms with E-state index in [1.54, 1.807) is 6.92 Å². The molecule has 0 unspecified atom stereocenters. The minimum absolute atomic E-state index is 0.179. The van der Waals surface area contributed by atoms with Crippen molar-refractivity contribution in [2.24, 2.45) is 0 Å². The Morgan fingerprint density at radius 1 is 1.08 bits per heavy atom. The number of halogens is 1. The highest BCUT2D eigenvalue weighted by molar-refractivity contribution is 5.81. The molecule has 1 saturated heterocycles. The van der Waals surface area contributed by atoms with Gasteiger partial charge in [-0.25, -0.2) is 14.2 Å². The normalized spacial score (nSPS) is 20.6. The van der Waals surface area contributed by atoms with Gasteiger partial charge in [-0.15, -0.1) is 0 Å². The summed E-state index contributed by atoms with van der Waals surface area (Å²) >= 11 is 0. The zero-order chi connectivity index (χ0) is 35.1. The topological polar surface area (TPSA) is 87.4 Å². The molecule has 0 saturated carbocycles. The van der Waals surface area contributed by atoms with Gasteiger partial charge in [0.05, 0.1) is 42.3 Å². The Balaban J connectivity index is 1.56. The average Bonchev–Trinajstić information content (AvgIpc) is 3.47. The minimum Gasteiger partial charge on any atom is -0.490 e. The highest BCUT2D eigenvalue weighted by Crippen LogP contribution is 2.40. The maximum Gasteiger partial charge on any atom is 0.339 e. The van der Waals surface area contributed by atoms with Crippen molar-refractivity contribution in [3.63, 3.8) is 0 Å². The maximum absolute atomic E-state index is 14.9. The van der Waals surface area contributed by atoms with Crippen LogP contribution >= 0.6 is 0 Å². The molecule has 5 heterocycles. The van der Waals surface area contributed by atoms with E-state index >= 15 is 0 Å². The number of aromatic nitrogens is 3. The third kappa shape index (κ3) is 7.35. The van der Waals surface area contributed by atoms with Gasteiger partial charge in [-0.2, -0.15) is 9.61 Å². The van der Waals surface area contributed by atoms with Gasteiger partial charge < -0.3 is 23.8 Å². The molecular formula is C39H47FN4O5. The quantitative estimate of drug-likeness (QED) is 0.160. The lowest BCUT2D eigenvalue weighted by Crippen LogP contribution is -2.45. The largest absolute Gasteiger partial charge is 0.490 e. The SMILES string of the molecule is COC(=O)[C@@H](OC(C)(C)C)c1c(C)nc2cc3nn2c1N1CCC(C)(CC1)OCC=CC[C@H](C)Oc1cc(F)c(C)cc1-c1cccc-3c1. The van der Waals surface area contributed by atoms with Crippen LogP contribution in [0.3, 0.4) is 0 Å². The first-order valence-corrected chi connectivity index (χ1v) is 17.0. The van der Waals surface area contributed by atoms with Crippen LogP contribution in [0, 0.1) is 19.7 Å². The Morgan fingerprint density at radius 2 is 1.82 bits per heavy atom. The molecule has 0 aliphatic carbocycles. The van der Waals surface area contributed by atoms with Gasteiger partial charge in [0.25, 0.3) is 0 Å². The van der Waals surface area contributed by atoms with Crippen molar-refractivity contribution in [3.05, 3.63) is 77.3 Å². The summed E-state index contributed by atoms with van der Waals surface area (Å²) in [5.41, 5.74) is 4.74. The second-order valence-corrected chi connectivity index (χ2v) is 14.4. The number of methoxy groups -OCH3 is 1. The number of carbonyl (C=O) groups is 1. The molecule has 260 valence electrons. The number of piperidine rings is 1. The Bertz CT molecular complexity index is 1890. The third-order valence-electron chi connectivity index (χ3n) is 9.29. The van der Waals surface area contributed by atoms with E-state index in [1.165, 1.54) is 13.2 Å². The van der Waals surface area contributed by atoms with E-state index in [0.29, 0.717) is 60.0 Å². The van der Waals surface area contributed by atoms with E-state index in [1.807, 2.05) is 81.6 Å². The number of hydrogen-bond donors (Lipinski definition) is 0. The molecule has 4 aromatic rings. The van der Waals surface area contributed by atoms with Crippen LogP contribution in [0.2, 0.25) is 0 Å². The van der Waals surface area contributed by atoms with Crippen LogP contribution in [-0.2, 0) is 19.0 Å². The number of aryl methyl sites for hydroxylation is 2. The van der Waals surface area contributed by atoms with Crippen LogP contribution in [0.1, 0.15) is 76.8 Å². The first-order chi connectivity index (χ1) is 23.2. The lowest BCUT2D eigenvalue weighted by molar-refractivity contribution is -0.164. The van der Waals surface area contributed by atoms with Crippen LogP contribution in [0.15, 0.2) is 54.6 Å². The highest BCUT2D eigenvalue weighted by atomic mass is 19.1. The first-order valence-electron chi connectivity index (χ1n) is 17.0. The van der Waals surface area contributed by atoms with Crippen LogP contribution in [0.4, 0.5) is 10.2 Å². The fourth-order valence-electron chi connectivity index (χ4n) is 6.59. The number of carbonyl (C=O) groups excluding carboxylic acids is 1. The molecule has 2 atom stereocenters. The number of esters is 1. The molecule has 3 aliphatic rings. The number of hydrogen-bond acceptors (Lipinski definition) is 8. The smallest absolute Gasteiger partial charge is 0.339 e. The fourth-order valence-corrected chi connectivity index (χ4v) is 6.59. The Labute approximate surface area is 288 Å². The summed E-state index contributed by atoms with van der Waals surface area (Å²) in [5.74, 6) is 0.418. The highest BCUT2D eigenvalue weighted by Gasteiger charge is 2.38. The van der Waals surface area contributed by atoms with Crippen LogP contribution in [-0.4, -0.2) is 64.7 Å². The molecule has 10 heteroatoms. The summed E-state index contributed by atoms with van der Waals surface area (Å²) in [5, 5.41) is 5.13. The maximum atomic E-state index is 14.9. The van der Waals surface area contributed by atoms with E-state index in [-0.39, 0.29) is 17.5 Å². The molecule has 0 N–H and O–H groups in total. The van der Waals surface area contributed by atoms with Gasteiger partial charge in [-0.1, -0.05) is 30.4 Å². The Kier molecular flexibility index (Phi) is 9.57. The van der Waals surface area contributed by atoms with Gasteiger partial charge in [0.1, 0.15) is 17.4 Å². The summed E-state index contributed by atoms with van der Waals surface area (Å²) in [6.45, 7) is 15.4. The van der Waals surface area contributed by atoms with Crippen molar-refractivity contribution in [3.8, 4) is 28.1 Å². The number of benzene rings is 2. The summed E-state index contributed by atoms with van der Waals surface area (Å²) in [7, 11) is 1.37. The lowest BCUT2D eigenvalue weighted by Gasteiger charge is -2.41. The minimum atomic E-state index is -1.02. The summed E-state index contributed by atoms with van der Waals surface area (Å²) < 4.78 is 41.2. The van der Waals surface area contributed by atoms with E-state index in [4.69, 9.17) is 29.0 Å². The average molecular weight is 671 g/mol. The van der Waals surface area contributed by atoms with Crippen molar-refractivity contribution < 1.29 is 28.1 Å². The van der Waals surface area contributed by atoms with Gasteiger partial charge in [0.2, 0.25) is 0 Å². The summed E-state index contributed by atoms with van der Waals surface area (Å²) in [6.07, 6.45) is 5.08. The molecule has 3 aliphatic heterocycles. The second kappa shape index (κ2) is 13.6. The van der Waals surface area contributed by atoms with Crippen LogP contribution < -0.4 is 9.64 Å². The molecule has 0 radical (unpaired) electrons. The monoisotopic (exact) mass is 670 g/mol. The zero-order valence-corrected chi connectivity index (χ0v) is 29.8. The predicted octanol–water partition coefficient (Wildman–Crippen LogP) is 7.95. The third-order valence-corrected chi connectivity index (χ3v) is 9.29. The first kappa shape index (κ1) is 34.6. The van der Waals surface area contributed by atoms with Gasteiger partial charge >= 0.3 is 5.97 Å². The number of rotatable bonds is 3. The molecule has 1 fully saturated rings. The second-order valence-electron chi connectivity index (χ2n) is 14.4. The number of anilines is 1. The molecule has 9 nitrogen and oxygen atoms in total. The predicted molar refractivity (Wildman–Crippen MR) is 189 cm³/mol. The molecule has 7 rings (SSSR count). The van der Waals surface area contributed by atoms with Crippen molar-refractivity contribution in [1.29, 1.82) is 0 Å². The number of ether oxygens (including phenoxy) is 4. The van der Waals surface area contributed by atoms with Gasteiger partial charge in [-0.05, 0) is 84.6 Å². The number of fused-ring (bicyclic) bond motifs is 7. The molecule has 0 spiro atoms. The van der Waals surface area contributed by atoms with E-state index in [2.05, 4.69) is 17.9 Å². The van der Waals surface area contributed by atoms with E-state index in [0.717, 1.165) is 35.3 Å². The molecule has 2 aromatic carbocycles. The van der Waals surface area contributed by atoms with E-state index < -0.39 is 17.7 Å². The molecule has 0 amide bonds. The van der Waals surface area contributed by atoms with Crippen molar-refractivity contribution >= 4 is 17.4 Å². The lowest BCUT2D eigenvalue weighted by atomic mass is 9.92. The summed E-state index contributed by atoms with van der Waals surface area (Å²) in [6, 6.07) is 13.3. The van der Waals surface area contributed by atoms with Crippen LogP contribution in [0.25, 0.3) is 28.0 Å². The van der Waals surface area contributed by atoms with Crippen molar-refractivity contribution in [2.45, 2.75) is 91.1 Å². The molecular weight excluding hydrogens is 623 g/mol. The Morgan fingerprint density at radius 3 is 2.53 bits per heavy atom. The van der Waals surface area contributed by atoms with Crippen molar-refractivity contribution in [2.75, 3.05) is 31.7 Å². The van der Waals surface area contributed by atoms with Crippen molar-refractivity contribution in [1.82, 2.24) is 14.6 Å². The summed E-state index contributed by atoms with van der Waals surface area (Å²) in [4.78, 5) is 20.6. The molecule has 2 aromatic heterocycles. The van der Waals surface area contributed by atoms with Gasteiger partial charge in [0.15, 0.2) is 11.8 Å². The number of nitrogens with zero attached hydrogens (tertiary/aromatic N) is 4. The molecule has 49 heavy (non-hydrogen) atoms. The van der Waals surface area contributed by atoms with Gasteiger partial charge in [0, 0.05) is 48.5 Å². The van der Waals surface area contributed by atoms with Gasteiger partial charge in [-0.3, -0.25) is 0 Å². The standard InChI is InChI=1S/C39H47FN4O5/c1-24-20-29-27-13-11-14-28(21-27)31-23-33-41-26(3)34(35(37(45)46-8)49-38(4,5)6)36(44(33)42-31)43-17-15-39(7,16-18-43)47-19-10-9-12-25(2)48-32(29)22-30(24)40/h9-11,13-14,20-23,25,35H,12,15-19H2,1-8H3/t25-,35-/m0/s1. The molecule has 6 bridgehead atoms. The fraction of sp³-hybridized carbons (Fsp3) is 0.462. The van der Waals surface area contributed by atoms with Crippen LogP contribution in [0.5, 0.6) is 5.75 Å².